The molecule has 0 saturated carbocycles. The van der Waals surface area contributed by atoms with Crippen molar-refractivity contribution in [2.45, 2.75) is 32.2 Å². The van der Waals surface area contributed by atoms with E-state index >= 15 is 0 Å². The van der Waals surface area contributed by atoms with Crippen molar-refractivity contribution in [1.29, 1.82) is 0 Å². The molecule has 1 unspecified atom stereocenters. The lowest BCUT2D eigenvalue weighted by atomic mass is 10.1. The molecule has 1 fully saturated rings. The Morgan fingerprint density at radius 2 is 1.44 bits per heavy atom. The number of hydrogen-bond donors (Lipinski definition) is 6. The monoisotopic (exact) mass is 384 g/mol. The summed E-state index contributed by atoms with van der Waals surface area (Å²) in [5.74, 6) is -7.30. The lowest BCUT2D eigenvalue weighted by Crippen LogP contribution is -2.29. The van der Waals surface area contributed by atoms with Crippen LogP contribution in [0.4, 0.5) is 5.69 Å². The van der Waals surface area contributed by atoms with Crippen LogP contribution in [0.2, 0.25) is 0 Å². The van der Waals surface area contributed by atoms with Crippen molar-refractivity contribution < 1.29 is 39.6 Å². The van der Waals surface area contributed by atoms with Crippen LogP contribution < -0.4 is 10.6 Å². The molecule has 0 aromatic heterocycles. The van der Waals surface area contributed by atoms with E-state index in [0.29, 0.717) is 6.04 Å². The lowest BCUT2D eigenvalue weighted by Gasteiger charge is -2.12. The molecule has 1 aliphatic rings. The number of aryl methyl sites for hydroxylation is 1. The highest BCUT2D eigenvalue weighted by Gasteiger charge is 2.12. The van der Waals surface area contributed by atoms with Gasteiger partial charge in [-0.2, -0.15) is 0 Å². The molecule has 0 radical (unpaired) electrons. The van der Waals surface area contributed by atoms with Crippen molar-refractivity contribution >= 4 is 29.6 Å². The first kappa shape index (κ1) is 23.9. The maximum Gasteiger partial charge on any atom is 0.414 e. The molecule has 0 aliphatic carbocycles. The van der Waals surface area contributed by atoms with Crippen molar-refractivity contribution in [3.05, 3.63) is 29.8 Å². The molecule has 6 N–H and O–H groups in total. The fourth-order valence-electron chi connectivity index (χ4n) is 2.03. The van der Waals surface area contributed by atoms with E-state index in [1.54, 1.807) is 0 Å². The summed E-state index contributed by atoms with van der Waals surface area (Å²) in [5.41, 5.74) is 2.64. The topological polar surface area (TPSA) is 173 Å². The van der Waals surface area contributed by atoms with Crippen LogP contribution in [-0.4, -0.2) is 63.4 Å². The van der Waals surface area contributed by atoms with Crippen molar-refractivity contribution in [2.75, 3.05) is 18.4 Å². The summed E-state index contributed by atoms with van der Waals surface area (Å²) in [7, 11) is 0. The zero-order valence-electron chi connectivity index (χ0n) is 14.8. The van der Waals surface area contributed by atoms with Crippen LogP contribution in [0.1, 0.15) is 25.3 Å². The summed E-state index contributed by atoms with van der Waals surface area (Å²) in [6, 6.07) is 9.41. The molecule has 0 amide bonds. The Kier molecular flexibility index (Phi) is 11.6. The van der Waals surface area contributed by atoms with Crippen LogP contribution in [0.25, 0.3) is 0 Å². The number of benzene rings is 1. The van der Waals surface area contributed by atoms with E-state index in [-0.39, 0.29) is 0 Å². The van der Waals surface area contributed by atoms with Crippen LogP contribution in [0.3, 0.4) is 0 Å². The Morgan fingerprint density at radius 1 is 0.963 bits per heavy atom. The molecule has 27 heavy (non-hydrogen) atoms. The number of nitrogens with one attached hydrogen (secondary N) is 2. The Morgan fingerprint density at radius 3 is 1.78 bits per heavy atom. The van der Waals surface area contributed by atoms with Crippen molar-refractivity contribution in [2.24, 2.45) is 0 Å². The predicted molar refractivity (Wildman–Crippen MR) is 95.9 cm³/mol. The highest BCUT2D eigenvalue weighted by atomic mass is 16.4. The van der Waals surface area contributed by atoms with E-state index in [9.17, 15) is 0 Å². The van der Waals surface area contributed by atoms with Gasteiger partial charge in [0.1, 0.15) is 0 Å². The summed E-state index contributed by atoms with van der Waals surface area (Å²) in [5, 5.41) is 36.5. The predicted octanol–water partition coefficient (Wildman–Crippen LogP) is 0.724. The molecular weight excluding hydrogens is 360 g/mol. The molecule has 0 spiro atoms. The van der Waals surface area contributed by atoms with Gasteiger partial charge in [-0.25, -0.2) is 19.2 Å². The Hall–Kier alpha value is -3.14. The van der Waals surface area contributed by atoms with Gasteiger partial charge in [0.15, 0.2) is 0 Å². The number of carboxylic acids is 4. The van der Waals surface area contributed by atoms with Gasteiger partial charge in [-0.3, -0.25) is 0 Å². The van der Waals surface area contributed by atoms with Gasteiger partial charge in [0.25, 0.3) is 0 Å². The first-order valence-electron chi connectivity index (χ1n) is 8.16. The standard InChI is InChI=1S/C13H20N2.2C2H2O4/c1-2-11-5-7-12(8-6-11)15-10-13-4-3-9-14-13;2*3-1(4)2(5)6/h5-8,13-15H,2-4,9-10H2,1H3;2*(H,3,4)(H,5,6). The third-order valence-corrected chi connectivity index (χ3v) is 3.44. The first-order chi connectivity index (χ1) is 12.7. The second-order valence-electron chi connectivity index (χ2n) is 5.45. The van der Waals surface area contributed by atoms with E-state index in [1.165, 1.54) is 30.6 Å². The van der Waals surface area contributed by atoms with E-state index in [2.05, 4.69) is 41.8 Å². The average Bonchev–Trinajstić information content (AvgIpc) is 3.15. The van der Waals surface area contributed by atoms with Gasteiger partial charge >= 0.3 is 23.9 Å². The smallest absolute Gasteiger partial charge is 0.414 e. The normalized spacial score (nSPS) is 14.6. The largest absolute Gasteiger partial charge is 0.473 e. The van der Waals surface area contributed by atoms with Gasteiger partial charge in [-0.05, 0) is 43.5 Å². The fourth-order valence-corrected chi connectivity index (χ4v) is 2.03. The summed E-state index contributed by atoms with van der Waals surface area (Å²) in [4.78, 5) is 36.4. The van der Waals surface area contributed by atoms with Crippen LogP contribution in [-0.2, 0) is 25.6 Å². The maximum absolute atomic E-state index is 9.10. The zero-order chi connectivity index (χ0) is 20.8. The minimum absolute atomic E-state index is 0.663. The SMILES string of the molecule is CCc1ccc(NCC2CCCN2)cc1.O=C(O)C(=O)O.O=C(O)C(=O)O. The second-order valence-corrected chi connectivity index (χ2v) is 5.45. The summed E-state index contributed by atoms with van der Waals surface area (Å²) in [6.07, 6.45) is 3.74. The number of aliphatic carboxylic acids is 4. The van der Waals surface area contributed by atoms with Crippen LogP contribution in [0.5, 0.6) is 0 Å². The number of carboxylic acid groups (broad SMARTS) is 4. The molecule has 1 saturated heterocycles. The Bertz CT molecular complexity index is 576. The molecule has 10 heteroatoms. The molecule has 1 aromatic carbocycles. The van der Waals surface area contributed by atoms with Gasteiger partial charge in [0, 0.05) is 18.3 Å². The summed E-state index contributed by atoms with van der Waals surface area (Å²) in [6.45, 7) is 4.41. The minimum atomic E-state index is -1.82. The molecular formula is C17H24N2O8. The molecule has 1 aliphatic heterocycles. The van der Waals surface area contributed by atoms with Crippen molar-refractivity contribution in [1.82, 2.24) is 5.32 Å². The highest BCUT2D eigenvalue weighted by molar-refractivity contribution is 6.27. The lowest BCUT2D eigenvalue weighted by molar-refractivity contribution is -0.159. The number of anilines is 1. The van der Waals surface area contributed by atoms with Crippen molar-refractivity contribution in [3.8, 4) is 0 Å². The highest BCUT2D eigenvalue weighted by Crippen LogP contribution is 2.11. The van der Waals surface area contributed by atoms with E-state index in [1.807, 2.05) is 0 Å². The fraction of sp³-hybridized carbons (Fsp3) is 0.412. The minimum Gasteiger partial charge on any atom is -0.473 e. The second kappa shape index (κ2) is 13.1. The quantitative estimate of drug-likeness (QED) is 0.406. The molecule has 10 nitrogen and oxygen atoms in total. The van der Waals surface area contributed by atoms with Crippen LogP contribution >= 0.6 is 0 Å². The van der Waals surface area contributed by atoms with Crippen LogP contribution in [0.15, 0.2) is 24.3 Å². The van der Waals surface area contributed by atoms with Crippen LogP contribution in [0, 0.1) is 0 Å². The number of rotatable bonds is 4. The number of hydrogen-bond acceptors (Lipinski definition) is 6. The molecule has 1 heterocycles. The average molecular weight is 384 g/mol. The molecule has 0 bridgehead atoms. The molecule has 1 aromatic rings. The van der Waals surface area contributed by atoms with Gasteiger partial charge in [0.05, 0.1) is 0 Å². The van der Waals surface area contributed by atoms with Gasteiger partial charge in [0.2, 0.25) is 0 Å². The first-order valence-corrected chi connectivity index (χ1v) is 8.16. The van der Waals surface area contributed by atoms with Crippen molar-refractivity contribution in [3.63, 3.8) is 0 Å². The summed E-state index contributed by atoms with van der Waals surface area (Å²) < 4.78 is 0. The van der Waals surface area contributed by atoms with E-state index in [0.717, 1.165) is 13.0 Å². The third kappa shape index (κ3) is 11.9. The van der Waals surface area contributed by atoms with E-state index < -0.39 is 23.9 Å². The Balaban J connectivity index is 0.000000470. The molecule has 2 rings (SSSR count). The van der Waals surface area contributed by atoms with E-state index in [4.69, 9.17) is 39.6 Å². The molecule has 1 atom stereocenters. The maximum atomic E-state index is 9.10. The van der Waals surface area contributed by atoms with Gasteiger partial charge in [-0.15, -0.1) is 0 Å². The number of carbonyl (C=O) groups is 4. The Labute approximate surface area is 155 Å². The van der Waals surface area contributed by atoms with Gasteiger partial charge in [-0.1, -0.05) is 19.1 Å². The van der Waals surface area contributed by atoms with Gasteiger partial charge < -0.3 is 31.1 Å². The third-order valence-electron chi connectivity index (χ3n) is 3.44. The molecule has 150 valence electrons. The summed E-state index contributed by atoms with van der Waals surface area (Å²) >= 11 is 0. The zero-order valence-corrected chi connectivity index (χ0v) is 14.8.